The number of anilines is 1. The van der Waals surface area contributed by atoms with Crippen LogP contribution in [0.4, 0.5) is 5.69 Å². The van der Waals surface area contributed by atoms with Gasteiger partial charge in [0.1, 0.15) is 16.7 Å². The Morgan fingerprint density at radius 1 is 1.23 bits per heavy atom. The smallest absolute Gasteiger partial charge is 0.327 e. The van der Waals surface area contributed by atoms with Crippen molar-refractivity contribution in [3.05, 3.63) is 52.5 Å². The number of rotatable bonds is 7. The SMILES string of the molecule is CCOc1ccccc1N(C(C)C(=O)O)S(=O)(=O)c1cc(Cl)ccc1Cl. The highest BCUT2D eigenvalue weighted by molar-refractivity contribution is 7.93. The molecule has 9 heteroatoms. The Labute approximate surface area is 162 Å². The van der Waals surface area contributed by atoms with Crippen LogP contribution in [0.1, 0.15) is 13.8 Å². The second-order valence-electron chi connectivity index (χ2n) is 5.29. The van der Waals surface area contributed by atoms with Gasteiger partial charge in [0.05, 0.1) is 17.3 Å². The van der Waals surface area contributed by atoms with E-state index in [9.17, 15) is 18.3 Å². The van der Waals surface area contributed by atoms with Gasteiger partial charge in [0.25, 0.3) is 10.0 Å². The molecule has 0 aliphatic heterocycles. The number of carboxylic acid groups (broad SMARTS) is 1. The van der Waals surface area contributed by atoms with E-state index in [2.05, 4.69) is 0 Å². The first-order chi connectivity index (χ1) is 12.2. The monoisotopic (exact) mass is 417 g/mol. The van der Waals surface area contributed by atoms with Gasteiger partial charge in [-0.15, -0.1) is 0 Å². The maximum Gasteiger partial charge on any atom is 0.327 e. The Hall–Kier alpha value is -1.96. The van der Waals surface area contributed by atoms with E-state index >= 15 is 0 Å². The highest BCUT2D eigenvalue weighted by Gasteiger charge is 2.36. The number of carbonyl (C=O) groups is 1. The van der Waals surface area contributed by atoms with Gasteiger partial charge in [0, 0.05) is 5.02 Å². The molecule has 6 nitrogen and oxygen atoms in total. The van der Waals surface area contributed by atoms with Crippen molar-refractivity contribution in [3.8, 4) is 5.75 Å². The number of para-hydroxylation sites is 2. The molecule has 0 saturated carbocycles. The summed E-state index contributed by atoms with van der Waals surface area (Å²) in [5.41, 5.74) is 0.0975. The first-order valence-corrected chi connectivity index (χ1v) is 9.83. The van der Waals surface area contributed by atoms with Gasteiger partial charge >= 0.3 is 5.97 Å². The Bertz CT molecular complexity index is 917. The largest absolute Gasteiger partial charge is 0.492 e. The number of sulfonamides is 1. The van der Waals surface area contributed by atoms with Crippen LogP contribution in [0.5, 0.6) is 5.75 Å². The number of nitrogens with zero attached hydrogens (tertiary/aromatic N) is 1. The van der Waals surface area contributed by atoms with Crippen molar-refractivity contribution in [2.45, 2.75) is 24.8 Å². The Morgan fingerprint density at radius 2 is 1.88 bits per heavy atom. The molecule has 1 unspecified atom stereocenters. The molecule has 0 aliphatic rings. The molecule has 0 heterocycles. The molecule has 0 saturated heterocycles. The first-order valence-electron chi connectivity index (χ1n) is 7.64. The van der Waals surface area contributed by atoms with Crippen LogP contribution in [0.25, 0.3) is 0 Å². The normalized spacial score (nSPS) is 12.5. The second kappa shape index (κ2) is 8.16. The molecule has 1 N–H and O–H groups in total. The van der Waals surface area contributed by atoms with Gasteiger partial charge in [-0.3, -0.25) is 0 Å². The average Bonchev–Trinajstić information content (AvgIpc) is 2.58. The predicted octanol–water partition coefficient (Wildman–Crippen LogP) is 4.06. The zero-order valence-corrected chi connectivity index (χ0v) is 16.3. The fourth-order valence-electron chi connectivity index (χ4n) is 2.34. The van der Waals surface area contributed by atoms with Crippen LogP contribution in [0.3, 0.4) is 0 Å². The van der Waals surface area contributed by atoms with E-state index in [-0.39, 0.29) is 33.0 Å². The van der Waals surface area contributed by atoms with Gasteiger partial charge in [0.2, 0.25) is 0 Å². The summed E-state index contributed by atoms with van der Waals surface area (Å²) in [6.07, 6.45) is 0. The van der Waals surface area contributed by atoms with Gasteiger partial charge in [-0.1, -0.05) is 35.3 Å². The van der Waals surface area contributed by atoms with E-state index in [4.69, 9.17) is 27.9 Å². The van der Waals surface area contributed by atoms with Crippen molar-refractivity contribution in [1.29, 1.82) is 0 Å². The van der Waals surface area contributed by atoms with Gasteiger partial charge in [-0.05, 0) is 44.2 Å². The molecule has 1 atom stereocenters. The number of carboxylic acids is 1. The Balaban J connectivity index is 2.74. The van der Waals surface area contributed by atoms with E-state index in [1.807, 2.05) is 0 Å². The maximum atomic E-state index is 13.3. The molecule has 0 spiro atoms. The molecule has 0 amide bonds. The quantitative estimate of drug-likeness (QED) is 0.733. The van der Waals surface area contributed by atoms with Crippen molar-refractivity contribution in [3.63, 3.8) is 0 Å². The molecule has 0 aliphatic carbocycles. The zero-order valence-electron chi connectivity index (χ0n) is 14.0. The van der Waals surface area contributed by atoms with Crippen molar-refractivity contribution >= 4 is 44.9 Å². The molecule has 0 aromatic heterocycles. The summed E-state index contributed by atoms with van der Waals surface area (Å²) < 4.78 is 32.8. The lowest BCUT2D eigenvalue weighted by molar-refractivity contribution is -0.137. The highest BCUT2D eigenvalue weighted by atomic mass is 35.5. The number of hydrogen-bond acceptors (Lipinski definition) is 4. The van der Waals surface area contributed by atoms with E-state index in [0.29, 0.717) is 0 Å². The van der Waals surface area contributed by atoms with E-state index in [1.165, 1.54) is 31.2 Å². The molecule has 26 heavy (non-hydrogen) atoms. The van der Waals surface area contributed by atoms with Gasteiger partial charge in [0.15, 0.2) is 0 Å². The van der Waals surface area contributed by atoms with Gasteiger partial charge in [-0.2, -0.15) is 0 Å². The van der Waals surface area contributed by atoms with Crippen LogP contribution in [0.15, 0.2) is 47.4 Å². The lowest BCUT2D eigenvalue weighted by atomic mass is 10.2. The van der Waals surface area contributed by atoms with Crippen molar-refractivity contribution < 1.29 is 23.1 Å². The average molecular weight is 418 g/mol. The molecular formula is C17H17Cl2NO5S. The second-order valence-corrected chi connectivity index (χ2v) is 7.92. The molecule has 140 valence electrons. The summed E-state index contributed by atoms with van der Waals surface area (Å²) in [5.74, 6) is -1.08. The summed E-state index contributed by atoms with van der Waals surface area (Å²) in [4.78, 5) is 11.3. The summed E-state index contributed by atoms with van der Waals surface area (Å²) in [6.45, 7) is 3.29. The van der Waals surface area contributed by atoms with Crippen LogP contribution >= 0.6 is 23.2 Å². The minimum atomic E-state index is -4.34. The third-order valence-corrected chi connectivity index (χ3v) is 6.14. The standard InChI is InChI=1S/C17H17Cl2NO5S/c1-3-25-15-7-5-4-6-14(15)20(11(2)17(21)22)26(23,24)16-10-12(18)8-9-13(16)19/h4-11H,3H2,1-2H3,(H,21,22). The number of hydrogen-bond donors (Lipinski definition) is 1. The maximum absolute atomic E-state index is 13.3. The summed E-state index contributed by atoms with van der Waals surface area (Å²) >= 11 is 12.0. The third kappa shape index (κ3) is 4.06. The first kappa shape index (κ1) is 20.4. The van der Waals surface area contributed by atoms with Crippen molar-refractivity contribution in [1.82, 2.24) is 0 Å². The number of halogens is 2. The molecule has 2 aromatic rings. The molecule has 0 fully saturated rings. The number of benzene rings is 2. The third-order valence-electron chi connectivity index (χ3n) is 3.54. The minimum absolute atomic E-state index is 0.0640. The fraction of sp³-hybridized carbons (Fsp3) is 0.235. The number of aliphatic carboxylic acids is 1. The van der Waals surface area contributed by atoms with E-state index in [1.54, 1.807) is 25.1 Å². The van der Waals surface area contributed by atoms with Crippen molar-refractivity contribution in [2.75, 3.05) is 10.9 Å². The van der Waals surface area contributed by atoms with Gasteiger partial charge < -0.3 is 9.84 Å². The summed E-state index contributed by atoms with van der Waals surface area (Å²) in [5, 5.41) is 9.56. The summed E-state index contributed by atoms with van der Waals surface area (Å²) in [6, 6.07) is 8.86. The Morgan fingerprint density at radius 3 is 2.50 bits per heavy atom. The van der Waals surface area contributed by atoms with Crippen molar-refractivity contribution in [2.24, 2.45) is 0 Å². The lowest BCUT2D eigenvalue weighted by Crippen LogP contribution is -2.43. The molecule has 2 aromatic carbocycles. The number of ether oxygens (including phenoxy) is 1. The highest BCUT2D eigenvalue weighted by Crippen LogP contribution is 2.36. The molecule has 0 radical (unpaired) electrons. The summed E-state index contributed by atoms with van der Waals surface area (Å²) in [7, 11) is -4.34. The molecular weight excluding hydrogens is 401 g/mol. The van der Waals surface area contributed by atoms with E-state index < -0.39 is 22.0 Å². The fourth-order valence-corrected chi connectivity index (χ4v) is 4.71. The van der Waals surface area contributed by atoms with Crippen LogP contribution in [0, 0.1) is 0 Å². The van der Waals surface area contributed by atoms with Crippen LogP contribution in [-0.4, -0.2) is 32.1 Å². The van der Waals surface area contributed by atoms with Crippen LogP contribution in [0.2, 0.25) is 10.0 Å². The van der Waals surface area contributed by atoms with Crippen LogP contribution < -0.4 is 9.04 Å². The topological polar surface area (TPSA) is 83.9 Å². The van der Waals surface area contributed by atoms with Gasteiger partial charge in [-0.25, -0.2) is 17.5 Å². The lowest BCUT2D eigenvalue weighted by Gasteiger charge is -2.29. The van der Waals surface area contributed by atoms with E-state index in [0.717, 1.165) is 4.31 Å². The zero-order chi connectivity index (χ0) is 19.5. The molecule has 2 rings (SSSR count). The molecule has 0 bridgehead atoms. The predicted molar refractivity (Wildman–Crippen MR) is 101 cm³/mol. The van der Waals surface area contributed by atoms with Crippen LogP contribution in [-0.2, 0) is 14.8 Å². The minimum Gasteiger partial charge on any atom is -0.492 e. The Kier molecular flexibility index (Phi) is 6.39.